The summed E-state index contributed by atoms with van der Waals surface area (Å²) in [6.45, 7) is 2.74. The van der Waals surface area contributed by atoms with Gasteiger partial charge in [-0.1, -0.05) is 18.2 Å². The van der Waals surface area contributed by atoms with E-state index >= 15 is 0 Å². The van der Waals surface area contributed by atoms with Crippen molar-refractivity contribution in [3.05, 3.63) is 36.0 Å². The third kappa shape index (κ3) is 2.86. The first kappa shape index (κ1) is 14.7. The van der Waals surface area contributed by atoms with Gasteiger partial charge in [-0.05, 0) is 24.5 Å². The molecule has 1 aromatic heterocycles. The van der Waals surface area contributed by atoms with Crippen molar-refractivity contribution in [2.75, 3.05) is 19.7 Å². The van der Waals surface area contributed by atoms with Crippen molar-refractivity contribution in [3.8, 4) is 0 Å². The van der Waals surface area contributed by atoms with Gasteiger partial charge < -0.3 is 19.5 Å². The lowest BCUT2D eigenvalue weighted by molar-refractivity contribution is -0.146. The number of morpholine rings is 1. The van der Waals surface area contributed by atoms with Gasteiger partial charge in [-0.25, -0.2) is 0 Å². The highest BCUT2D eigenvalue weighted by atomic mass is 16.5. The zero-order valence-corrected chi connectivity index (χ0v) is 13.5. The van der Waals surface area contributed by atoms with E-state index < -0.39 is 0 Å². The quantitative estimate of drug-likeness (QED) is 0.934. The Morgan fingerprint density at radius 3 is 2.96 bits per heavy atom. The molecule has 0 bridgehead atoms. The second-order valence-electron chi connectivity index (χ2n) is 6.54. The molecule has 23 heavy (non-hydrogen) atoms. The van der Waals surface area contributed by atoms with Crippen molar-refractivity contribution in [2.24, 2.45) is 7.05 Å². The average molecular weight is 313 g/mol. The third-order valence-electron chi connectivity index (χ3n) is 4.79. The normalized spacial score (nSPS) is 21.5. The van der Waals surface area contributed by atoms with Gasteiger partial charge in [0.2, 0.25) is 0 Å². The van der Waals surface area contributed by atoms with Gasteiger partial charge in [0.05, 0.1) is 6.61 Å². The molecular formula is C18H23N3O2. The highest BCUT2D eigenvalue weighted by Crippen LogP contribution is 2.31. The number of amides is 1. The zero-order valence-electron chi connectivity index (χ0n) is 13.5. The van der Waals surface area contributed by atoms with Gasteiger partial charge in [-0.15, -0.1) is 0 Å². The molecule has 5 heteroatoms. The van der Waals surface area contributed by atoms with Crippen molar-refractivity contribution >= 4 is 16.8 Å². The van der Waals surface area contributed by atoms with Gasteiger partial charge in [-0.2, -0.15) is 0 Å². The van der Waals surface area contributed by atoms with Crippen LogP contribution in [0.1, 0.15) is 18.4 Å². The van der Waals surface area contributed by atoms with E-state index in [4.69, 9.17) is 4.74 Å². The van der Waals surface area contributed by atoms with Gasteiger partial charge >= 0.3 is 0 Å². The van der Waals surface area contributed by atoms with E-state index in [2.05, 4.69) is 47.4 Å². The Morgan fingerprint density at radius 2 is 2.22 bits per heavy atom. The van der Waals surface area contributed by atoms with Crippen LogP contribution in [0.15, 0.2) is 30.5 Å². The van der Waals surface area contributed by atoms with Gasteiger partial charge in [0.25, 0.3) is 5.91 Å². The first-order valence-corrected chi connectivity index (χ1v) is 8.40. The van der Waals surface area contributed by atoms with Crippen LogP contribution >= 0.6 is 0 Å². The average Bonchev–Trinajstić information content (AvgIpc) is 3.39. The molecule has 2 aromatic rings. The second-order valence-corrected chi connectivity index (χ2v) is 6.54. The van der Waals surface area contributed by atoms with Crippen LogP contribution in [0.4, 0.5) is 0 Å². The second kappa shape index (κ2) is 5.98. The molecule has 0 radical (unpaired) electrons. The van der Waals surface area contributed by atoms with Crippen LogP contribution in [0.25, 0.3) is 10.9 Å². The van der Waals surface area contributed by atoms with Crippen molar-refractivity contribution in [1.29, 1.82) is 0 Å². The molecule has 1 saturated carbocycles. The van der Waals surface area contributed by atoms with Crippen LogP contribution in [-0.4, -0.2) is 47.2 Å². The molecule has 1 aromatic carbocycles. The molecule has 4 rings (SSSR count). The van der Waals surface area contributed by atoms with E-state index in [1.54, 1.807) is 0 Å². The van der Waals surface area contributed by atoms with Crippen molar-refractivity contribution in [3.63, 3.8) is 0 Å². The number of fused-ring (bicyclic) bond motifs is 1. The summed E-state index contributed by atoms with van der Waals surface area (Å²) >= 11 is 0. The Morgan fingerprint density at radius 1 is 1.39 bits per heavy atom. The topological polar surface area (TPSA) is 46.5 Å². The van der Waals surface area contributed by atoms with E-state index in [0.717, 1.165) is 19.4 Å². The van der Waals surface area contributed by atoms with E-state index in [1.165, 1.54) is 16.5 Å². The number of aryl methyl sites for hydroxylation is 1. The van der Waals surface area contributed by atoms with Crippen molar-refractivity contribution in [2.45, 2.75) is 31.5 Å². The summed E-state index contributed by atoms with van der Waals surface area (Å²) in [5, 5.41) is 4.48. The molecule has 2 heterocycles. The first-order chi connectivity index (χ1) is 11.2. The Bertz CT molecular complexity index is 714. The van der Waals surface area contributed by atoms with E-state index in [1.807, 2.05) is 4.90 Å². The molecule has 1 amide bonds. The van der Waals surface area contributed by atoms with E-state index in [0.29, 0.717) is 25.7 Å². The number of hydrogen-bond acceptors (Lipinski definition) is 3. The number of aromatic nitrogens is 1. The molecule has 122 valence electrons. The molecular weight excluding hydrogens is 290 g/mol. The van der Waals surface area contributed by atoms with Crippen LogP contribution in [-0.2, 0) is 23.1 Å². The maximum absolute atomic E-state index is 12.9. The number of carbonyl (C=O) groups is 1. The lowest BCUT2D eigenvalue weighted by Crippen LogP contribution is -2.49. The van der Waals surface area contributed by atoms with Crippen LogP contribution in [0.5, 0.6) is 0 Å². The number of benzene rings is 1. The monoisotopic (exact) mass is 313 g/mol. The molecule has 1 aliphatic heterocycles. The Labute approximate surface area is 136 Å². The summed E-state index contributed by atoms with van der Waals surface area (Å²) in [6, 6.07) is 8.75. The summed E-state index contributed by atoms with van der Waals surface area (Å²) in [7, 11) is 2.06. The van der Waals surface area contributed by atoms with Gasteiger partial charge in [-0.3, -0.25) is 4.79 Å². The van der Waals surface area contributed by atoms with Gasteiger partial charge in [0.15, 0.2) is 0 Å². The van der Waals surface area contributed by atoms with Crippen molar-refractivity contribution in [1.82, 2.24) is 14.8 Å². The lowest BCUT2D eigenvalue weighted by atomic mass is 10.1. The summed E-state index contributed by atoms with van der Waals surface area (Å²) in [4.78, 5) is 14.9. The molecule has 1 unspecified atom stereocenters. The summed E-state index contributed by atoms with van der Waals surface area (Å²) in [5.74, 6) is 0.132. The maximum atomic E-state index is 12.9. The number of nitrogens with one attached hydrogen (secondary N) is 1. The molecule has 5 nitrogen and oxygen atoms in total. The maximum Gasteiger partial charge on any atom is 0.253 e. The molecule has 1 aliphatic carbocycles. The molecule has 2 aliphatic rings. The largest absolute Gasteiger partial charge is 0.366 e. The Balaban J connectivity index is 1.59. The fourth-order valence-corrected chi connectivity index (χ4v) is 3.42. The summed E-state index contributed by atoms with van der Waals surface area (Å²) in [5.41, 5.74) is 2.42. The number of para-hydroxylation sites is 1. The molecule has 0 spiro atoms. The summed E-state index contributed by atoms with van der Waals surface area (Å²) < 4.78 is 7.81. The zero-order chi connectivity index (χ0) is 15.8. The minimum absolute atomic E-state index is 0.132. The van der Waals surface area contributed by atoms with Crippen molar-refractivity contribution < 1.29 is 9.53 Å². The van der Waals surface area contributed by atoms with Gasteiger partial charge in [0.1, 0.15) is 6.10 Å². The summed E-state index contributed by atoms with van der Waals surface area (Å²) in [6.07, 6.45) is 4.03. The highest BCUT2D eigenvalue weighted by Gasteiger charge is 2.37. The predicted molar refractivity (Wildman–Crippen MR) is 89.1 cm³/mol. The van der Waals surface area contributed by atoms with Crippen LogP contribution in [0, 0.1) is 0 Å². The predicted octanol–water partition coefficient (Wildman–Crippen LogP) is 1.66. The number of nitrogens with zero attached hydrogens (tertiary/aromatic N) is 2. The minimum Gasteiger partial charge on any atom is -0.366 e. The molecule has 1 N–H and O–H groups in total. The minimum atomic E-state index is -0.334. The smallest absolute Gasteiger partial charge is 0.253 e. The fraction of sp³-hybridized carbons (Fsp3) is 0.500. The van der Waals surface area contributed by atoms with E-state index in [-0.39, 0.29) is 12.0 Å². The molecule has 2 fully saturated rings. The lowest BCUT2D eigenvalue weighted by Gasteiger charge is -2.30. The van der Waals surface area contributed by atoms with E-state index in [9.17, 15) is 4.79 Å². The van der Waals surface area contributed by atoms with Crippen LogP contribution < -0.4 is 5.32 Å². The molecule has 1 saturated heterocycles. The number of carbonyl (C=O) groups excluding carboxylic acids is 1. The third-order valence-corrected chi connectivity index (χ3v) is 4.79. The SMILES string of the molecule is Cn1cc(CN(C(=O)C2CNCCO2)C2CC2)c2ccccc21. The number of hydrogen-bond donors (Lipinski definition) is 1. The van der Waals surface area contributed by atoms with Gasteiger partial charge in [0, 0.05) is 49.8 Å². The fourth-order valence-electron chi connectivity index (χ4n) is 3.42. The molecule has 1 atom stereocenters. The number of ether oxygens (including phenoxy) is 1. The Kier molecular flexibility index (Phi) is 3.83. The standard InChI is InChI=1S/C18H23N3O2/c1-20-11-13(15-4-2-3-5-16(15)20)12-21(14-6-7-14)18(22)17-10-19-8-9-23-17/h2-5,11,14,17,19H,6-10,12H2,1H3. The highest BCUT2D eigenvalue weighted by molar-refractivity contribution is 5.86. The first-order valence-electron chi connectivity index (χ1n) is 8.40. The van der Waals surface area contributed by atoms with Crippen LogP contribution in [0.2, 0.25) is 0 Å². The number of rotatable bonds is 4. The van der Waals surface area contributed by atoms with Crippen LogP contribution in [0.3, 0.4) is 0 Å². The Hall–Kier alpha value is -1.85.